The SMILES string of the molecule is C=CC(=O)OCCCCCCCCCCCOc1ccc(C(=O)Oc2ccc(-c3ccc(CCCCCCC)cn3)cc2)cc1. The van der Waals surface area contributed by atoms with Crippen LogP contribution in [0.4, 0.5) is 0 Å². The third-order valence-electron chi connectivity index (χ3n) is 7.81. The molecular weight excluding hydrogens is 562 g/mol. The molecule has 0 atom stereocenters. The highest BCUT2D eigenvalue weighted by atomic mass is 16.5. The van der Waals surface area contributed by atoms with Gasteiger partial charge in [-0.1, -0.05) is 90.2 Å². The highest BCUT2D eigenvalue weighted by Crippen LogP contribution is 2.23. The van der Waals surface area contributed by atoms with Gasteiger partial charge in [0.1, 0.15) is 11.5 Å². The van der Waals surface area contributed by atoms with Crippen LogP contribution in [0.1, 0.15) is 113 Å². The number of rotatable bonds is 23. The molecule has 0 saturated heterocycles. The molecule has 1 aromatic heterocycles. The Morgan fingerprint density at radius 3 is 1.91 bits per heavy atom. The lowest BCUT2D eigenvalue weighted by molar-refractivity contribution is -0.137. The predicted octanol–water partition coefficient (Wildman–Crippen LogP) is 10.1. The molecule has 6 nitrogen and oxygen atoms in total. The quantitative estimate of drug-likeness (QED) is 0.0458. The molecule has 242 valence electrons. The number of carbonyl (C=O) groups is 2. The average molecular weight is 614 g/mol. The van der Waals surface area contributed by atoms with E-state index in [4.69, 9.17) is 14.2 Å². The van der Waals surface area contributed by atoms with Crippen molar-refractivity contribution >= 4 is 11.9 Å². The van der Waals surface area contributed by atoms with E-state index in [1.54, 1.807) is 24.3 Å². The average Bonchev–Trinajstić information content (AvgIpc) is 3.07. The number of benzene rings is 2. The van der Waals surface area contributed by atoms with Crippen molar-refractivity contribution in [2.24, 2.45) is 0 Å². The van der Waals surface area contributed by atoms with Crippen LogP contribution in [0.25, 0.3) is 11.3 Å². The minimum absolute atomic E-state index is 0.340. The lowest BCUT2D eigenvalue weighted by Crippen LogP contribution is -2.08. The fourth-order valence-corrected chi connectivity index (χ4v) is 5.09. The van der Waals surface area contributed by atoms with Crippen LogP contribution in [-0.2, 0) is 16.0 Å². The minimum atomic E-state index is -0.396. The standard InChI is InChI=1S/C39H51NO5/c1-3-5-6-12-15-18-32-19-28-37(40-31-32)33-20-26-36(27-21-33)45-39(42)34-22-24-35(25-23-34)43-29-16-13-10-8-7-9-11-14-17-30-44-38(41)4-2/h4,19-28,31H,2-3,5-18,29-30H2,1H3. The molecule has 0 N–H and O–H groups in total. The molecule has 0 fully saturated rings. The molecule has 0 radical (unpaired) electrons. The van der Waals surface area contributed by atoms with Crippen molar-refractivity contribution in [1.29, 1.82) is 0 Å². The maximum atomic E-state index is 12.7. The molecule has 0 unspecified atom stereocenters. The van der Waals surface area contributed by atoms with Crippen LogP contribution in [0, 0.1) is 0 Å². The number of nitrogens with zero attached hydrogens (tertiary/aromatic N) is 1. The summed E-state index contributed by atoms with van der Waals surface area (Å²) in [6, 6.07) is 18.8. The molecule has 0 spiro atoms. The highest BCUT2D eigenvalue weighted by Gasteiger charge is 2.10. The number of ether oxygens (including phenoxy) is 3. The van der Waals surface area contributed by atoms with Crippen LogP contribution in [0.3, 0.4) is 0 Å². The van der Waals surface area contributed by atoms with Gasteiger partial charge in [-0.05, 0) is 85.8 Å². The van der Waals surface area contributed by atoms with Gasteiger partial charge in [0.2, 0.25) is 0 Å². The monoisotopic (exact) mass is 613 g/mol. The van der Waals surface area contributed by atoms with Gasteiger partial charge in [-0.15, -0.1) is 0 Å². The first-order chi connectivity index (χ1) is 22.1. The molecule has 0 aliphatic carbocycles. The number of hydrogen-bond acceptors (Lipinski definition) is 6. The first-order valence-corrected chi connectivity index (χ1v) is 16.9. The van der Waals surface area contributed by atoms with E-state index >= 15 is 0 Å². The molecule has 0 saturated carbocycles. The normalized spacial score (nSPS) is 10.8. The van der Waals surface area contributed by atoms with Crippen molar-refractivity contribution in [2.75, 3.05) is 13.2 Å². The molecule has 0 aliphatic heterocycles. The maximum Gasteiger partial charge on any atom is 0.343 e. The fraction of sp³-hybridized carbons (Fsp3) is 0.462. The summed E-state index contributed by atoms with van der Waals surface area (Å²) in [5.41, 5.74) is 3.65. The van der Waals surface area contributed by atoms with Gasteiger partial charge < -0.3 is 14.2 Å². The van der Waals surface area contributed by atoms with Gasteiger partial charge in [-0.25, -0.2) is 9.59 Å². The third kappa shape index (κ3) is 14.6. The van der Waals surface area contributed by atoms with Crippen LogP contribution in [0.5, 0.6) is 11.5 Å². The number of aromatic nitrogens is 1. The maximum absolute atomic E-state index is 12.7. The van der Waals surface area contributed by atoms with Crippen LogP contribution >= 0.6 is 0 Å². The van der Waals surface area contributed by atoms with Gasteiger partial charge in [-0.2, -0.15) is 0 Å². The zero-order valence-corrected chi connectivity index (χ0v) is 27.1. The van der Waals surface area contributed by atoms with E-state index in [9.17, 15) is 9.59 Å². The summed E-state index contributed by atoms with van der Waals surface area (Å²) in [5, 5.41) is 0. The van der Waals surface area contributed by atoms with Crippen LogP contribution < -0.4 is 9.47 Å². The zero-order valence-electron chi connectivity index (χ0n) is 27.1. The highest BCUT2D eigenvalue weighted by molar-refractivity contribution is 5.91. The summed E-state index contributed by atoms with van der Waals surface area (Å²) in [5.74, 6) is 0.517. The number of unbranched alkanes of at least 4 members (excludes halogenated alkanes) is 12. The summed E-state index contributed by atoms with van der Waals surface area (Å²) in [4.78, 5) is 28.3. The molecule has 45 heavy (non-hydrogen) atoms. The summed E-state index contributed by atoms with van der Waals surface area (Å²) in [6.07, 6.45) is 20.8. The van der Waals surface area contributed by atoms with E-state index in [1.807, 2.05) is 30.5 Å². The second kappa shape index (κ2) is 21.7. The van der Waals surface area contributed by atoms with Gasteiger partial charge in [0.15, 0.2) is 0 Å². The van der Waals surface area contributed by atoms with Crippen molar-refractivity contribution < 1.29 is 23.8 Å². The van der Waals surface area contributed by atoms with E-state index in [2.05, 4.69) is 30.6 Å². The largest absolute Gasteiger partial charge is 0.494 e. The number of carbonyl (C=O) groups excluding carboxylic acids is 2. The van der Waals surface area contributed by atoms with Crippen molar-refractivity contribution in [2.45, 2.75) is 103 Å². The molecule has 0 amide bonds. The predicted molar refractivity (Wildman–Crippen MR) is 182 cm³/mol. The van der Waals surface area contributed by atoms with E-state index in [-0.39, 0.29) is 5.97 Å². The Morgan fingerprint density at radius 1 is 0.689 bits per heavy atom. The van der Waals surface area contributed by atoms with Gasteiger partial charge in [0, 0.05) is 17.8 Å². The Morgan fingerprint density at radius 2 is 1.29 bits per heavy atom. The number of pyridine rings is 1. The topological polar surface area (TPSA) is 74.7 Å². The summed E-state index contributed by atoms with van der Waals surface area (Å²) in [7, 11) is 0. The second-order valence-electron chi connectivity index (χ2n) is 11.6. The fourth-order valence-electron chi connectivity index (χ4n) is 5.09. The van der Waals surface area contributed by atoms with Crippen LogP contribution in [0.2, 0.25) is 0 Å². The molecule has 3 rings (SSSR count). The van der Waals surface area contributed by atoms with Gasteiger partial charge in [0.05, 0.1) is 24.5 Å². The smallest absolute Gasteiger partial charge is 0.343 e. The van der Waals surface area contributed by atoms with Gasteiger partial charge in [0.25, 0.3) is 0 Å². The molecule has 6 heteroatoms. The molecular formula is C39H51NO5. The third-order valence-corrected chi connectivity index (χ3v) is 7.81. The van der Waals surface area contributed by atoms with Crippen LogP contribution in [-0.4, -0.2) is 30.1 Å². The Kier molecular flexibility index (Phi) is 17.2. The van der Waals surface area contributed by atoms with Crippen molar-refractivity contribution in [1.82, 2.24) is 4.98 Å². The Balaban J connectivity index is 1.27. The zero-order chi connectivity index (χ0) is 32.0. The van der Waals surface area contributed by atoms with Gasteiger partial charge in [-0.3, -0.25) is 4.98 Å². The number of aryl methyl sites for hydroxylation is 1. The molecule has 3 aromatic rings. The first kappa shape index (κ1) is 35.5. The number of esters is 2. The number of hydrogen-bond donors (Lipinski definition) is 0. The Hall–Kier alpha value is -3.93. The summed E-state index contributed by atoms with van der Waals surface area (Å²) >= 11 is 0. The Labute approximate surface area is 270 Å². The Bertz CT molecular complexity index is 1250. The van der Waals surface area contributed by atoms with Crippen LogP contribution in [0.15, 0.2) is 79.5 Å². The van der Waals surface area contributed by atoms with Crippen molar-refractivity contribution in [3.05, 3.63) is 90.6 Å². The van der Waals surface area contributed by atoms with Crippen molar-refractivity contribution in [3.8, 4) is 22.8 Å². The van der Waals surface area contributed by atoms with E-state index in [1.165, 1.54) is 75.8 Å². The lowest BCUT2D eigenvalue weighted by Gasteiger charge is -2.08. The lowest BCUT2D eigenvalue weighted by atomic mass is 10.1. The molecule has 1 heterocycles. The second-order valence-corrected chi connectivity index (χ2v) is 11.6. The minimum Gasteiger partial charge on any atom is -0.494 e. The van der Waals surface area contributed by atoms with Gasteiger partial charge >= 0.3 is 11.9 Å². The van der Waals surface area contributed by atoms with Crippen molar-refractivity contribution in [3.63, 3.8) is 0 Å². The molecule has 0 aliphatic rings. The van der Waals surface area contributed by atoms with E-state index < -0.39 is 5.97 Å². The molecule has 0 bridgehead atoms. The van der Waals surface area contributed by atoms with E-state index in [0.717, 1.165) is 49.1 Å². The van der Waals surface area contributed by atoms with E-state index in [0.29, 0.717) is 24.5 Å². The first-order valence-electron chi connectivity index (χ1n) is 16.9. The summed E-state index contributed by atoms with van der Waals surface area (Å²) < 4.78 is 16.4. The summed E-state index contributed by atoms with van der Waals surface area (Å²) in [6.45, 7) is 6.78. The molecule has 2 aromatic carbocycles.